The molecule has 0 amide bonds. The van der Waals surface area contributed by atoms with Crippen molar-refractivity contribution >= 4 is 0 Å². The van der Waals surface area contributed by atoms with E-state index in [0.29, 0.717) is 25.4 Å². The summed E-state index contributed by atoms with van der Waals surface area (Å²) < 4.78 is 12.1. The summed E-state index contributed by atoms with van der Waals surface area (Å²) in [5, 5.41) is 10.9. The Morgan fingerprint density at radius 3 is 2.81 bits per heavy atom. The number of hydrogen-bond donors (Lipinski definition) is 1. The molecule has 26 heavy (non-hydrogen) atoms. The quantitative estimate of drug-likeness (QED) is 0.869. The average molecular weight is 360 g/mol. The molecule has 4 rings (SSSR count). The predicted octanol–water partition coefficient (Wildman–Crippen LogP) is 3.76. The number of ether oxygens (including phenoxy) is 2. The lowest BCUT2D eigenvalue weighted by Gasteiger charge is -2.43. The summed E-state index contributed by atoms with van der Waals surface area (Å²) in [5.41, 5.74) is 0.661. The molecule has 1 aliphatic carbocycles. The van der Waals surface area contributed by atoms with E-state index in [-0.39, 0.29) is 5.92 Å². The molecule has 1 aromatic carbocycles. The minimum Gasteiger partial charge on any atom is -0.490 e. The van der Waals surface area contributed by atoms with Crippen LogP contribution in [0.25, 0.3) is 0 Å². The zero-order chi connectivity index (χ0) is 18.0. The molecule has 144 valence electrons. The van der Waals surface area contributed by atoms with Crippen LogP contribution in [0.4, 0.5) is 0 Å². The van der Waals surface area contributed by atoms with Crippen LogP contribution in [0.2, 0.25) is 0 Å². The van der Waals surface area contributed by atoms with Gasteiger partial charge in [0, 0.05) is 30.7 Å². The van der Waals surface area contributed by atoms with Crippen LogP contribution in [0.3, 0.4) is 0 Å². The first-order chi connectivity index (χ1) is 12.6. The van der Waals surface area contributed by atoms with E-state index in [2.05, 4.69) is 29.2 Å². The van der Waals surface area contributed by atoms with Gasteiger partial charge in [0.1, 0.15) is 5.75 Å². The number of rotatable bonds is 5. The molecule has 0 bridgehead atoms. The Hall–Kier alpha value is -1.10. The molecular formula is C22H33NO3. The highest BCUT2D eigenvalue weighted by molar-refractivity contribution is 5.33. The van der Waals surface area contributed by atoms with Gasteiger partial charge in [-0.1, -0.05) is 18.2 Å². The second-order valence-corrected chi connectivity index (χ2v) is 8.60. The van der Waals surface area contributed by atoms with Gasteiger partial charge in [-0.3, -0.25) is 4.90 Å². The Balaban J connectivity index is 1.47. The van der Waals surface area contributed by atoms with Crippen molar-refractivity contribution in [1.29, 1.82) is 0 Å². The molecular weight excluding hydrogens is 326 g/mol. The van der Waals surface area contributed by atoms with Crippen LogP contribution < -0.4 is 4.74 Å². The van der Waals surface area contributed by atoms with Crippen molar-refractivity contribution in [1.82, 2.24) is 4.90 Å². The zero-order valence-corrected chi connectivity index (χ0v) is 16.0. The second kappa shape index (κ2) is 7.87. The van der Waals surface area contributed by atoms with Gasteiger partial charge in [0.05, 0.1) is 18.3 Å². The monoisotopic (exact) mass is 359 g/mol. The molecule has 2 saturated heterocycles. The Morgan fingerprint density at radius 2 is 2.00 bits per heavy atom. The normalized spacial score (nSPS) is 33.6. The molecule has 3 aliphatic rings. The van der Waals surface area contributed by atoms with Gasteiger partial charge >= 0.3 is 0 Å². The third-order valence-electron chi connectivity index (χ3n) is 6.67. The fourth-order valence-corrected chi connectivity index (χ4v) is 5.04. The summed E-state index contributed by atoms with van der Waals surface area (Å²) in [6.07, 6.45) is 8.42. The smallest absolute Gasteiger partial charge is 0.124 e. The van der Waals surface area contributed by atoms with Crippen molar-refractivity contribution in [2.45, 2.75) is 76.2 Å². The lowest BCUT2D eigenvalue weighted by atomic mass is 9.79. The van der Waals surface area contributed by atoms with Crippen molar-refractivity contribution in [3.8, 4) is 5.75 Å². The van der Waals surface area contributed by atoms with Crippen molar-refractivity contribution < 1.29 is 14.6 Å². The topological polar surface area (TPSA) is 41.9 Å². The molecule has 2 aliphatic heterocycles. The number of benzene rings is 1. The van der Waals surface area contributed by atoms with Crippen molar-refractivity contribution in [2.75, 3.05) is 19.8 Å². The van der Waals surface area contributed by atoms with Crippen LogP contribution in [0.5, 0.6) is 5.75 Å². The van der Waals surface area contributed by atoms with Gasteiger partial charge < -0.3 is 14.6 Å². The molecule has 4 heteroatoms. The maximum Gasteiger partial charge on any atom is 0.124 e. The van der Waals surface area contributed by atoms with Crippen LogP contribution in [0.1, 0.15) is 57.4 Å². The largest absolute Gasteiger partial charge is 0.490 e. The van der Waals surface area contributed by atoms with Gasteiger partial charge in [0.15, 0.2) is 0 Å². The number of likely N-dealkylation sites (tertiary alicyclic amines) is 1. The van der Waals surface area contributed by atoms with Crippen LogP contribution in [-0.4, -0.2) is 47.5 Å². The minimum absolute atomic E-state index is 0.196. The maximum atomic E-state index is 10.9. The highest BCUT2D eigenvalue weighted by Crippen LogP contribution is 2.37. The standard InChI is InChI=1S/C22H33NO3/c1-22(24)12-14-25-16-19(22)20-10-6-13-23(20)15-17-7-2-5-11-21(17)26-18-8-3-4-9-18/h2,5,7,11,18-20,24H,3-4,6,8-10,12-16H2,1H3/t19-,20-,22+/m1/s1. The highest BCUT2D eigenvalue weighted by atomic mass is 16.5. The van der Waals surface area contributed by atoms with E-state index in [0.717, 1.165) is 31.7 Å². The molecule has 3 atom stereocenters. The summed E-state index contributed by atoms with van der Waals surface area (Å²) in [5.74, 6) is 1.25. The Labute approximate surface area is 157 Å². The SMILES string of the molecule is C[C@]1(O)CCOC[C@@H]1[C@H]1CCCN1Cc1ccccc1OC1CCCC1. The maximum absolute atomic E-state index is 10.9. The van der Waals surface area contributed by atoms with E-state index >= 15 is 0 Å². The van der Waals surface area contributed by atoms with E-state index < -0.39 is 5.60 Å². The van der Waals surface area contributed by atoms with E-state index in [1.54, 1.807) is 0 Å². The molecule has 0 radical (unpaired) electrons. The van der Waals surface area contributed by atoms with Gasteiger partial charge in [-0.2, -0.15) is 0 Å². The summed E-state index contributed by atoms with van der Waals surface area (Å²) in [7, 11) is 0. The number of hydrogen-bond acceptors (Lipinski definition) is 4. The molecule has 1 N–H and O–H groups in total. The lowest BCUT2D eigenvalue weighted by Crippen LogP contribution is -2.52. The summed E-state index contributed by atoms with van der Waals surface area (Å²) in [6.45, 7) is 5.34. The molecule has 3 fully saturated rings. The van der Waals surface area contributed by atoms with Crippen LogP contribution in [-0.2, 0) is 11.3 Å². The number of nitrogens with zero attached hydrogens (tertiary/aromatic N) is 1. The van der Waals surface area contributed by atoms with Crippen LogP contribution in [0, 0.1) is 5.92 Å². The van der Waals surface area contributed by atoms with Crippen molar-refractivity contribution in [3.05, 3.63) is 29.8 Å². The number of aliphatic hydroxyl groups is 1. The van der Waals surface area contributed by atoms with Crippen LogP contribution >= 0.6 is 0 Å². The molecule has 0 aromatic heterocycles. The van der Waals surface area contributed by atoms with E-state index in [1.807, 2.05) is 6.92 Å². The molecule has 2 heterocycles. The van der Waals surface area contributed by atoms with Gasteiger partial charge in [0.25, 0.3) is 0 Å². The average Bonchev–Trinajstić information content (AvgIpc) is 3.28. The summed E-state index contributed by atoms with van der Waals surface area (Å²) in [4.78, 5) is 2.55. The van der Waals surface area contributed by atoms with Gasteiger partial charge in [-0.15, -0.1) is 0 Å². The molecule has 1 aromatic rings. The highest BCUT2D eigenvalue weighted by Gasteiger charge is 2.44. The van der Waals surface area contributed by atoms with Crippen molar-refractivity contribution in [2.24, 2.45) is 5.92 Å². The first kappa shape index (κ1) is 18.3. The Kier molecular flexibility index (Phi) is 5.53. The van der Waals surface area contributed by atoms with E-state index in [9.17, 15) is 5.11 Å². The van der Waals surface area contributed by atoms with Crippen LogP contribution in [0.15, 0.2) is 24.3 Å². The zero-order valence-electron chi connectivity index (χ0n) is 16.0. The fourth-order valence-electron chi connectivity index (χ4n) is 5.04. The molecule has 0 unspecified atom stereocenters. The Bertz CT molecular complexity index is 597. The van der Waals surface area contributed by atoms with E-state index in [1.165, 1.54) is 37.7 Å². The lowest BCUT2D eigenvalue weighted by molar-refractivity contribution is -0.123. The molecule has 4 nitrogen and oxygen atoms in total. The van der Waals surface area contributed by atoms with Gasteiger partial charge in [-0.05, 0) is 64.5 Å². The second-order valence-electron chi connectivity index (χ2n) is 8.60. The predicted molar refractivity (Wildman–Crippen MR) is 102 cm³/mol. The third-order valence-corrected chi connectivity index (χ3v) is 6.67. The Morgan fingerprint density at radius 1 is 1.19 bits per heavy atom. The summed E-state index contributed by atoms with van der Waals surface area (Å²) in [6, 6.07) is 8.91. The van der Waals surface area contributed by atoms with Gasteiger partial charge in [0.2, 0.25) is 0 Å². The molecule has 0 spiro atoms. The summed E-state index contributed by atoms with van der Waals surface area (Å²) >= 11 is 0. The van der Waals surface area contributed by atoms with E-state index in [4.69, 9.17) is 9.47 Å². The first-order valence-electron chi connectivity index (χ1n) is 10.4. The molecule has 1 saturated carbocycles. The minimum atomic E-state index is -0.620. The fraction of sp³-hybridized carbons (Fsp3) is 0.727. The van der Waals surface area contributed by atoms with Gasteiger partial charge in [-0.25, -0.2) is 0 Å². The first-order valence-corrected chi connectivity index (χ1v) is 10.4. The number of para-hydroxylation sites is 1. The third kappa shape index (κ3) is 3.92. The van der Waals surface area contributed by atoms with Crippen molar-refractivity contribution in [3.63, 3.8) is 0 Å².